The molecule has 1 amide bonds. The van der Waals surface area contributed by atoms with Gasteiger partial charge in [-0.1, -0.05) is 29.5 Å². The van der Waals surface area contributed by atoms with Crippen molar-refractivity contribution in [3.8, 4) is 5.75 Å². The van der Waals surface area contributed by atoms with E-state index in [4.69, 9.17) is 9.15 Å². The average Bonchev–Trinajstić information content (AvgIpc) is 3.23. The molecule has 4 aromatic rings. The Hall–Kier alpha value is -2.86. The lowest BCUT2D eigenvalue weighted by atomic mass is 10.2. The number of amides is 1. The Morgan fingerprint density at radius 1 is 1.22 bits per heavy atom. The summed E-state index contributed by atoms with van der Waals surface area (Å²) in [4.78, 5) is 17.8. The van der Waals surface area contributed by atoms with Crippen LogP contribution in [0.2, 0.25) is 0 Å². The molecule has 5 nitrogen and oxygen atoms in total. The van der Waals surface area contributed by atoms with Crippen LogP contribution < -0.4 is 9.54 Å². The summed E-state index contributed by atoms with van der Waals surface area (Å²) in [6, 6.07) is 13.6. The van der Waals surface area contributed by atoms with E-state index in [2.05, 4.69) is 30.1 Å². The fraction of sp³-hybridized carbons (Fsp3) is 0.238. The van der Waals surface area contributed by atoms with E-state index in [1.807, 2.05) is 36.6 Å². The molecule has 0 bridgehead atoms. The number of thiazole rings is 1. The minimum Gasteiger partial charge on any atom is -0.490 e. The Balaban J connectivity index is 1.81. The summed E-state index contributed by atoms with van der Waals surface area (Å²) in [5.74, 6) is 0.461. The molecular formula is C21H20N2O3S. The van der Waals surface area contributed by atoms with Crippen LogP contribution in [0.15, 0.2) is 51.9 Å². The van der Waals surface area contributed by atoms with Crippen LogP contribution in [0.4, 0.5) is 0 Å². The Morgan fingerprint density at radius 2 is 2.07 bits per heavy atom. The van der Waals surface area contributed by atoms with Crippen molar-refractivity contribution < 1.29 is 13.9 Å². The van der Waals surface area contributed by atoms with Gasteiger partial charge in [0.2, 0.25) is 0 Å². The maximum absolute atomic E-state index is 12.8. The molecule has 0 atom stereocenters. The van der Waals surface area contributed by atoms with E-state index in [9.17, 15) is 4.79 Å². The van der Waals surface area contributed by atoms with Crippen molar-refractivity contribution in [3.63, 3.8) is 0 Å². The van der Waals surface area contributed by atoms with Crippen molar-refractivity contribution in [2.75, 3.05) is 6.61 Å². The van der Waals surface area contributed by atoms with E-state index in [1.54, 1.807) is 6.07 Å². The highest BCUT2D eigenvalue weighted by Gasteiger charge is 2.15. The van der Waals surface area contributed by atoms with Crippen LogP contribution >= 0.6 is 11.3 Å². The van der Waals surface area contributed by atoms with E-state index in [-0.39, 0.29) is 11.7 Å². The minimum atomic E-state index is -0.390. The lowest BCUT2D eigenvalue weighted by Gasteiger charge is -2.02. The van der Waals surface area contributed by atoms with Crippen LogP contribution in [0, 0.1) is 6.92 Å². The molecule has 2 aromatic carbocycles. The van der Waals surface area contributed by atoms with Gasteiger partial charge in [0.1, 0.15) is 0 Å². The van der Waals surface area contributed by atoms with Gasteiger partial charge in [0.15, 0.2) is 21.9 Å². The number of nitrogens with zero attached hydrogens (tertiary/aromatic N) is 2. The summed E-state index contributed by atoms with van der Waals surface area (Å²) in [6.45, 7) is 7.29. The summed E-state index contributed by atoms with van der Waals surface area (Å²) in [6.07, 6.45) is 0. The fourth-order valence-electron chi connectivity index (χ4n) is 3.12. The predicted molar refractivity (Wildman–Crippen MR) is 108 cm³/mol. The fourth-order valence-corrected chi connectivity index (χ4v) is 4.31. The molecule has 0 N–H and O–H groups in total. The molecule has 6 heteroatoms. The Morgan fingerprint density at radius 3 is 2.85 bits per heavy atom. The second-order valence-electron chi connectivity index (χ2n) is 6.24. The van der Waals surface area contributed by atoms with Crippen molar-refractivity contribution in [1.82, 2.24) is 4.57 Å². The number of furan rings is 1. The maximum atomic E-state index is 12.8. The van der Waals surface area contributed by atoms with Gasteiger partial charge in [0.25, 0.3) is 0 Å². The van der Waals surface area contributed by atoms with Gasteiger partial charge in [-0.15, -0.1) is 0 Å². The van der Waals surface area contributed by atoms with Gasteiger partial charge in [-0.3, -0.25) is 4.79 Å². The topological polar surface area (TPSA) is 56.7 Å². The second-order valence-corrected chi connectivity index (χ2v) is 7.24. The Labute approximate surface area is 160 Å². The molecule has 0 unspecified atom stereocenters. The minimum absolute atomic E-state index is 0.216. The highest BCUT2D eigenvalue weighted by atomic mass is 32.1. The van der Waals surface area contributed by atoms with E-state index < -0.39 is 0 Å². The largest absolute Gasteiger partial charge is 0.490 e. The first kappa shape index (κ1) is 17.5. The average molecular weight is 380 g/mol. The number of rotatable bonds is 4. The Bertz CT molecular complexity index is 1210. The number of ether oxygens (including phenoxy) is 1. The number of carbonyl (C=O) groups is 1. The number of fused-ring (bicyclic) bond motifs is 2. The Kier molecular flexibility index (Phi) is 4.58. The van der Waals surface area contributed by atoms with Crippen molar-refractivity contribution in [2.24, 2.45) is 4.99 Å². The van der Waals surface area contributed by atoms with Gasteiger partial charge in [0, 0.05) is 11.9 Å². The van der Waals surface area contributed by atoms with Gasteiger partial charge < -0.3 is 13.7 Å². The van der Waals surface area contributed by atoms with Crippen LogP contribution in [0.1, 0.15) is 30.0 Å². The van der Waals surface area contributed by atoms with Crippen LogP contribution in [-0.2, 0) is 6.54 Å². The number of hydrogen-bond donors (Lipinski definition) is 0. The zero-order valence-electron chi connectivity index (χ0n) is 15.5. The van der Waals surface area contributed by atoms with Crippen molar-refractivity contribution in [2.45, 2.75) is 27.3 Å². The third-order valence-corrected chi connectivity index (χ3v) is 5.41. The maximum Gasteiger partial charge on any atom is 0.315 e. The molecule has 0 saturated heterocycles. The van der Waals surface area contributed by atoms with Crippen LogP contribution in [0.25, 0.3) is 21.2 Å². The van der Waals surface area contributed by atoms with E-state index >= 15 is 0 Å². The van der Waals surface area contributed by atoms with Gasteiger partial charge >= 0.3 is 5.91 Å². The molecule has 0 radical (unpaired) electrons. The molecule has 0 spiro atoms. The van der Waals surface area contributed by atoms with Gasteiger partial charge in [-0.25, -0.2) is 0 Å². The number of carbonyl (C=O) groups excluding carboxylic acids is 1. The second kappa shape index (κ2) is 7.04. The number of benzene rings is 2. The molecule has 0 aliphatic carbocycles. The first-order valence-corrected chi connectivity index (χ1v) is 9.76. The number of aryl methyl sites for hydroxylation is 2. The van der Waals surface area contributed by atoms with Crippen molar-refractivity contribution >= 4 is 38.4 Å². The lowest BCUT2D eigenvalue weighted by molar-refractivity contribution is 0.0973. The summed E-state index contributed by atoms with van der Waals surface area (Å²) in [7, 11) is 0. The number of aromatic nitrogens is 1. The third kappa shape index (κ3) is 3.17. The van der Waals surface area contributed by atoms with Gasteiger partial charge in [0.05, 0.1) is 16.8 Å². The van der Waals surface area contributed by atoms with Crippen molar-refractivity contribution in [3.05, 3.63) is 58.6 Å². The molecule has 2 aromatic heterocycles. The van der Waals surface area contributed by atoms with E-state index in [0.717, 1.165) is 22.1 Å². The zero-order valence-corrected chi connectivity index (χ0v) is 16.3. The van der Waals surface area contributed by atoms with Gasteiger partial charge in [-0.2, -0.15) is 4.99 Å². The molecule has 0 aliphatic heterocycles. The summed E-state index contributed by atoms with van der Waals surface area (Å²) < 4.78 is 14.5. The van der Waals surface area contributed by atoms with E-state index in [0.29, 0.717) is 22.7 Å². The highest BCUT2D eigenvalue weighted by Crippen LogP contribution is 2.29. The number of para-hydroxylation sites is 1. The molecule has 0 fully saturated rings. The summed E-state index contributed by atoms with van der Waals surface area (Å²) in [5.41, 5.74) is 2.85. The van der Waals surface area contributed by atoms with Crippen LogP contribution in [0.5, 0.6) is 5.75 Å². The first-order valence-electron chi connectivity index (χ1n) is 8.95. The molecule has 4 rings (SSSR count). The standard InChI is InChI=1S/C21H20N2O3S/c1-4-23-15-10-9-13(3)11-18(15)27-21(23)22-20(24)17-12-14-7-6-8-16(25-5-2)19(14)26-17/h6-12H,4-5H2,1-3H3. The third-order valence-electron chi connectivity index (χ3n) is 4.37. The molecule has 138 valence electrons. The lowest BCUT2D eigenvalue weighted by Crippen LogP contribution is -2.15. The van der Waals surface area contributed by atoms with Crippen LogP contribution in [-0.4, -0.2) is 17.1 Å². The van der Waals surface area contributed by atoms with Crippen LogP contribution in [0.3, 0.4) is 0 Å². The molecular weight excluding hydrogens is 360 g/mol. The quantitative estimate of drug-likeness (QED) is 0.505. The predicted octanol–water partition coefficient (Wildman–Crippen LogP) is 4.92. The van der Waals surface area contributed by atoms with Crippen molar-refractivity contribution in [1.29, 1.82) is 0 Å². The molecule has 2 heterocycles. The zero-order chi connectivity index (χ0) is 19.0. The normalized spacial score (nSPS) is 12.2. The van der Waals surface area contributed by atoms with E-state index in [1.165, 1.54) is 16.9 Å². The summed E-state index contributed by atoms with van der Waals surface area (Å²) >= 11 is 1.51. The first-order chi connectivity index (χ1) is 13.1. The number of hydrogen-bond acceptors (Lipinski definition) is 4. The van der Waals surface area contributed by atoms with Gasteiger partial charge in [-0.05, 0) is 50.6 Å². The molecule has 27 heavy (non-hydrogen) atoms. The highest BCUT2D eigenvalue weighted by molar-refractivity contribution is 7.16. The SMILES string of the molecule is CCOc1cccc2cc(C(=O)N=c3sc4cc(C)ccc4n3CC)oc12. The molecule has 0 saturated carbocycles. The monoisotopic (exact) mass is 380 g/mol. The molecule has 0 aliphatic rings. The summed E-state index contributed by atoms with van der Waals surface area (Å²) in [5, 5.41) is 0.829. The smallest absolute Gasteiger partial charge is 0.315 e.